The molecule has 17 heavy (non-hydrogen) atoms. The van der Waals surface area contributed by atoms with Crippen molar-refractivity contribution in [2.75, 3.05) is 26.4 Å². The SMILES string of the molecule is CCCCN(C)C(=O)CN(C1CC1)S(C)(=O)=O. The van der Waals surface area contributed by atoms with Crippen molar-refractivity contribution in [3.8, 4) is 0 Å². The van der Waals surface area contributed by atoms with E-state index in [4.69, 9.17) is 0 Å². The van der Waals surface area contributed by atoms with Crippen LogP contribution in [0.1, 0.15) is 32.6 Å². The van der Waals surface area contributed by atoms with Crippen LogP contribution in [0.25, 0.3) is 0 Å². The van der Waals surface area contributed by atoms with Gasteiger partial charge in [0.1, 0.15) is 0 Å². The molecule has 5 nitrogen and oxygen atoms in total. The number of carbonyl (C=O) groups is 1. The van der Waals surface area contributed by atoms with Crippen molar-refractivity contribution in [1.29, 1.82) is 0 Å². The maximum Gasteiger partial charge on any atom is 0.237 e. The van der Waals surface area contributed by atoms with Gasteiger partial charge in [-0.05, 0) is 19.3 Å². The van der Waals surface area contributed by atoms with Crippen molar-refractivity contribution in [2.45, 2.75) is 38.6 Å². The van der Waals surface area contributed by atoms with Crippen LogP contribution in [0.15, 0.2) is 0 Å². The predicted octanol–water partition coefficient (Wildman–Crippen LogP) is 0.669. The summed E-state index contributed by atoms with van der Waals surface area (Å²) in [6, 6.07) is 0.0496. The third-order valence-electron chi connectivity index (χ3n) is 2.94. The maximum absolute atomic E-state index is 11.9. The fourth-order valence-corrected chi connectivity index (χ4v) is 2.75. The van der Waals surface area contributed by atoms with E-state index in [2.05, 4.69) is 6.92 Å². The number of hydrogen-bond acceptors (Lipinski definition) is 3. The van der Waals surface area contributed by atoms with E-state index in [0.29, 0.717) is 6.54 Å². The van der Waals surface area contributed by atoms with Crippen molar-refractivity contribution in [2.24, 2.45) is 0 Å². The first-order valence-electron chi connectivity index (χ1n) is 6.07. The van der Waals surface area contributed by atoms with E-state index in [-0.39, 0.29) is 18.5 Å². The van der Waals surface area contributed by atoms with Crippen LogP contribution in [0, 0.1) is 0 Å². The van der Waals surface area contributed by atoms with Gasteiger partial charge in [0.25, 0.3) is 0 Å². The van der Waals surface area contributed by atoms with Crippen LogP contribution in [0.2, 0.25) is 0 Å². The molecular weight excluding hydrogens is 240 g/mol. The number of unbranched alkanes of at least 4 members (excludes halogenated alkanes) is 1. The number of hydrogen-bond donors (Lipinski definition) is 0. The molecule has 1 aliphatic rings. The second-order valence-electron chi connectivity index (χ2n) is 4.71. The molecule has 0 aromatic rings. The Hall–Kier alpha value is -0.620. The van der Waals surface area contributed by atoms with Gasteiger partial charge in [0.05, 0.1) is 12.8 Å². The average molecular weight is 262 g/mol. The average Bonchev–Trinajstić information content (AvgIpc) is 3.04. The Labute approximate surface area is 104 Å². The minimum atomic E-state index is -3.26. The first-order chi connectivity index (χ1) is 7.86. The lowest BCUT2D eigenvalue weighted by Crippen LogP contribution is -2.42. The molecule has 1 fully saturated rings. The van der Waals surface area contributed by atoms with Crippen molar-refractivity contribution < 1.29 is 13.2 Å². The van der Waals surface area contributed by atoms with E-state index in [1.807, 2.05) is 0 Å². The highest BCUT2D eigenvalue weighted by Gasteiger charge is 2.36. The van der Waals surface area contributed by atoms with Gasteiger partial charge in [0.2, 0.25) is 15.9 Å². The second kappa shape index (κ2) is 5.82. The summed E-state index contributed by atoms with van der Waals surface area (Å²) in [4.78, 5) is 13.5. The molecule has 0 unspecified atom stereocenters. The molecule has 100 valence electrons. The van der Waals surface area contributed by atoms with Gasteiger partial charge >= 0.3 is 0 Å². The smallest absolute Gasteiger partial charge is 0.237 e. The summed E-state index contributed by atoms with van der Waals surface area (Å²) in [6.07, 6.45) is 4.89. The zero-order valence-corrected chi connectivity index (χ0v) is 11.7. The number of rotatable bonds is 7. The zero-order valence-electron chi connectivity index (χ0n) is 10.8. The normalized spacial score (nSPS) is 16.2. The molecule has 6 heteroatoms. The van der Waals surface area contributed by atoms with Gasteiger partial charge in [0, 0.05) is 19.6 Å². The van der Waals surface area contributed by atoms with Crippen LogP contribution >= 0.6 is 0 Å². The fourth-order valence-electron chi connectivity index (χ4n) is 1.65. The van der Waals surface area contributed by atoms with Crippen molar-refractivity contribution in [3.05, 3.63) is 0 Å². The van der Waals surface area contributed by atoms with E-state index in [9.17, 15) is 13.2 Å². The van der Waals surface area contributed by atoms with Crippen LogP contribution in [0.4, 0.5) is 0 Å². The lowest BCUT2D eigenvalue weighted by Gasteiger charge is -2.23. The van der Waals surface area contributed by atoms with E-state index in [1.54, 1.807) is 11.9 Å². The topological polar surface area (TPSA) is 57.7 Å². The van der Waals surface area contributed by atoms with Crippen molar-refractivity contribution >= 4 is 15.9 Å². The number of carbonyl (C=O) groups excluding carboxylic acids is 1. The Morgan fingerprint density at radius 3 is 2.35 bits per heavy atom. The third-order valence-corrected chi connectivity index (χ3v) is 4.22. The molecule has 0 N–H and O–H groups in total. The van der Waals surface area contributed by atoms with Crippen molar-refractivity contribution in [1.82, 2.24) is 9.21 Å². The molecule has 0 atom stereocenters. The van der Waals surface area contributed by atoms with Crippen LogP contribution in [-0.4, -0.2) is 56.0 Å². The highest BCUT2D eigenvalue weighted by Crippen LogP contribution is 2.28. The predicted molar refractivity (Wildman–Crippen MR) is 67.1 cm³/mol. The van der Waals surface area contributed by atoms with Crippen LogP contribution in [0.5, 0.6) is 0 Å². The largest absolute Gasteiger partial charge is 0.345 e. The molecule has 0 spiro atoms. The van der Waals surface area contributed by atoms with Gasteiger partial charge in [0.15, 0.2) is 0 Å². The standard InChI is InChI=1S/C11H22N2O3S/c1-4-5-8-12(2)11(14)9-13(10-6-7-10)17(3,15)16/h10H,4-9H2,1-3H3. The summed E-state index contributed by atoms with van der Waals surface area (Å²) < 4.78 is 24.4. The van der Waals surface area contributed by atoms with E-state index >= 15 is 0 Å². The Kier molecular flexibility index (Phi) is 4.94. The number of nitrogens with zero attached hydrogens (tertiary/aromatic N) is 2. The summed E-state index contributed by atoms with van der Waals surface area (Å²) in [7, 11) is -1.54. The zero-order chi connectivity index (χ0) is 13.1. The molecule has 0 aromatic carbocycles. The maximum atomic E-state index is 11.9. The first kappa shape index (κ1) is 14.4. The molecule has 0 bridgehead atoms. The summed E-state index contributed by atoms with van der Waals surface area (Å²) >= 11 is 0. The van der Waals surface area contributed by atoms with E-state index in [0.717, 1.165) is 25.7 Å². The molecule has 1 rings (SSSR count). The molecule has 1 saturated carbocycles. The minimum Gasteiger partial charge on any atom is -0.345 e. The van der Waals surface area contributed by atoms with E-state index < -0.39 is 10.0 Å². The number of sulfonamides is 1. The minimum absolute atomic E-state index is 0.0102. The van der Waals surface area contributed by atoms with Gasteiger partial charge in [-0.25, -0.2) is 8.42 Å². The molecule has 0 heterocycles. The molecule has 1 aliphatic carbocycles. The molecular formula is C11H22N2O3S. The summed E-state index contributed by atoms with van der Waals surface area (Å²) in [5.41, 5.74) is 0. The van der Waals surface area contributed by atoms with Gasteiger partial charge in [-0.3, -0.25) is 4.79 Å². The lowest BCUT2D eigenvalue weighted by molar-refractivity contribution is -0.130. The van der Waals surface area contributed by atoms with Crippen LogP contribution < -0.4 is 0 Å². The molecule has 0 radical (unpaired) electrons. The quantitative estimate of drug-likeness (QED) is 0.677. The monoisotopic (exact) mass is 262 g/mol. The highest BCUT2D eigenvalue weighted by molar-refractivity contribution is 7.88. The molecule has 0 aliphatic heterocycles. The van der Waals surface area contributed by atoms with Gasteiger partial charge in [-0.2, -0.15) is 4.31 Å². The summed E-state index contributed by atoms with van der Waals surface area (Å²) in [5, 5.41) is 0. The molecule has 0 saturated heterocycles. The molecule has 0 aromatic heterocycles. The van der Waals surface area contributed by atoms with Crippen molar-refractivity contribution in [3.63, 3.8) is 0 Å². The van der Waals surface area contributed by atoms with Gasteiger partial charge < -0.3 is 4.90 Å². The Balaban J connectivity index is 2.53. The second-order valence-corrected chi connectivity index (χ2v) is 6.64. The Morgan fingerprint density at radius 2 is 1.94 bits per heavy atom. The lowest BCUT2D eigenvalue weighted by atomic mass is 10.3. The summed E-state index contributed by atoms with van der Waals surface area (Å²) in [5.74, 6) is -0.115. The third kappa shape index (κ3) is 4.63. The number of amides is 1. The highest BCUT2D eigenvalue weighted by atomic mass is 32.2. The van der Waals surface area contributed by atoms with E-state index in [1.165, 1.54) is 10.6 Å². The summed E-state index contributed by atoms with van der Waals surface area (Å²) in [6.45, 7) is 2.74. The Morgan fingerprint density at radius 1 is 1.35 bits per heavy atom. The van der Waals surface area contributed by atoms with Crippen LogP contribution in [-0.2, 0) is 14.8 Å². The van der Waals surface area contributed by atoms with Gasteiger partial charge in [-0.15, -0.1) is 0 Å². The number of likely N-dealkylation sites (N-methyl/N-ethyl adjacent to an activating group) is 1. The Bertz CT molecular complexity index is 363. The first-order valence-corrected chi connectivity index (χ1v) is 7.92. The fraction of sp³-hybridized carbons (Fsp3) is 0.909. The molecule has 1 amide bonds. The van der Waals surface area contributed by atoms with Gasteiger partial charge in [-0.1, -0.05) is 13.3 Å². The van der Waals surface area contributed by atoms with Crippen LogP contribution in [0.3, 0.4) is 0 Å².